The van der Waals surface area contributed by atoms with Crippen LogP contribution in [0.2, 0.25) is 0 Å². The molecule has 0 aliphatic carbocycles. The fourth-order valence-electron chi connectivity index (χ4n) is 0. The summed E-state index contributed by atoms with van der Waals surface area (Å²) in [5.74, 6) is 0. The molecule has 0 rings (SSSR count). The van der Waals surface area contributed by atoms with E-state index < -0.39 is 0 Å². The van der Waals surface area contributed by atoms with E-state index in [1.165, 1.54) is 5.41 Å². The molecule has 0 heterocycles. The molecule has 0 bridgehead atoms. The quantitative estimate of drug-likeness (QED) is 0.247. The fraction of sp³-hybridized carbons (Fsp3) is 0. The average molecular weight is 119 g/mol. The molecule has 0 aliphatic heterocycles. The maximum atomic E-state index is 4.16. The van der Waals surface area contributed by atoms with E-state index in [0.29, 0.717) is 0 Å². The van der Waals surface area contributed by atoms with E-state index in [0.717, 1.165) is 0 Å². The minimum atomic E-state index is 0. The van der Waals surface area contributed by atoms with Crippen molar-refractivity contribution in [3.63, 3.8) is 0 Å². The summed E-state index contributed by atoms with van der Waals surface area (Å²) in [5, 5.41) is 1.33. The summed E-state index contributed by atoms with van der Waals surface area (Å²) in [7, 11) is 0. The minimum absolute atomic E-state index is 0. The number of rotatable bonds is 0. The van der Waals surface area contributed by atoms with Gasteiger partial charge in [-0.2, -0.15) is 0 Å². The Bertz CT molecular complexity index is 17.1. The third-order valence-electron chi connectivity index (χ3n) is 0. The summed E-state index contributed by atoms with van der Waals surface area (Å²) >= 11 is 4.16. The van der Waals surface area contributed by atoms with Gasteiger partial charge in [0.25, 0.3) is 0 Å². The summed E-state index contributed by atoms with van der Waals surface area (Å²) in [5.41, 5.74) is 0. The van der Waals surface area contributed by atoms with Gasteiger partial charge in [0.15, 0.2) is 0 Å². The second-order valence-electron chi connectivity index (χ2n) is 0.167. The Balaban J connectivity index is -0.0000000200. The van der Waals surface area contributed by atoms with Crippen molar-refractivity contribution in [2.24, 2.45) is 0 Å². The Morgan fingerprint density at radius 1 is 1.60 bits per heavy atom. The topological polar surface area (TPSA) is 0 Å². The van der Waals surface area contributed by atoms with Crippen LogP contribution >= 0.6 is 0 Å². The monoisotopic (exact) mass is 118 g/mol. The molecule has 3 heteroatoms. The molecule has 0 aromatic carbocycles. The SMILES string of the molecule is C=C[S-].[Cl-].[Mg+2]. The van der Waals surface area contributed by atoms with Crippen LogP contribution in [0.1, 0.15) is 0 Å². The van der Waals surface area contributed by atoms with Gasteiger partial charge in [0.1, 0.15) is 0 Å². The molecule has 26 valence electrons. The second-order valence-corrected chi connectivity index (χ2v) is 0.500. The Kier molecular flexibility index (Phi) is 66.2. The van der Waals surface area contributed by atoms with Gasteiger partial charge in [-0.3, -0.25) is 0 Å². The molecule has 0 spiro atoms. The summed E-state index contributed by atoms with van der Waals surface area (Å²) in [6.07, 6.45) is 0. The van der Waals surface area contributed by atoms with E-state index in [2.05, 4.69) is 19.2 Å². The fourth-order valence-corrected chi connectivity index (χ4v) is 0. The molecule has 0 aliphatic rings. The van der Waals surface area contributed by atoms with Gasteiger partial charge in [-0.05, 0) is 0 Å². The molecular formula is C2H3ClMgS. The summed E-state index contributed by atoms with van der Waals surface area (Å²) in [6.45, 7) is 3.18. The molecule has 0 atom stereocenters. The largest absolute Gasteiger partial charge is 2.00 e. The van der Waals surface area contributed by atoms with Crippen LogP contribution in [0.4, 0.5) is 0 Å². The summed E-state index contributed by atoms with van der Waals surface area (Å²) in [6, 6.07) is 0. The van der Waals surface area contributed by atoms with Crippen molar-refractivity contribution in [1.29, 1.82) is 0 Å². The van der Waals surface area contributed by atoms with Gasteiger partial charge in [0.05, 0.1) is 0 Å². The van der Waals surface area contributed by atoms with Crippen molar-refractivity contribution in [3.05, 3.63) is 12.0 Å². The second kappa shape index (κ2) is 19.9. The molecule has 0 nitrogen and oxygen atoms in total. The third kappa shape index (κ3) is 44.2. The van der Waals surface area contributed by atoms with Gasteiger partial charge in [-0.25, -0.2) is 5.41 Å². The van der Waals surface area contributed by atoms with E-state index in [4.69, 9.17) is 0 Å². The zero-order valence-corrected chi connectivity index (χ0v) is 5.76. The van der Waals surface area contributed by atoms with E-state index in [1.807, 2.05) is 0 Å². The molecule has 0 amide bonds. The first-order chi connectivity index (χ1) is 1.41. The van der Waals surface area contributed by atoms with Crippen LogP contribution in [0.5, 0.6) is 0 Å². The molecule has 0 unspecified atom stereocenters. The van der Waals surface area contributed by atoms with Crippen molar-refractivity contribution in [1.82, 2.24) is 0 Å². The molecule has 0 aromatic heterocycles. The van der Waals surface area contributed by atoms with Crippen LogP contribution in [-0.4, -0.2) is 23.1 Å². The first-order valence-electron chi connectivity index (χ1n) is 0.644. The van der Waals surface area contributed by atoms with Crippen LogP contribution in [0.15, 0.2) is 12.0 Å². The van der Waals surface area contributed by atoms with E-state index in [1.54, 1.807) is 0 Å². The summed E-state index contributed by atoms with van der Waals surface area (Å²) < 4.78 is 0. The molecule has 5 heavy (non-hydrogen) atoms. The van der Waals surface area contributed by atoms with Crippen molar-refractivity contribution in [2.75, 3.05) is 0 Å². The zero-order valence-electron chi connectivity index (χ0n) is 2.78. The normalized spacial score (nSPS) is 2.40. The van der Waals surface area contributed by atoms with Crippen LogP contribution in [-0.2, 0) is 12.6 Å². The van der Waals surface area contributed by atoms with Crippen molar-refractivity contribution in [3.8, 4) is 0 Å². The van der Waals surface area contributed by atoms with Gasteiger partial charge >= 0.3 is 23.1 Å². The summed E-state index contributed by atoms with van der Waals surface area (Å²) in [4.78, 5) is 0. The van der Waals surface area contributed by atoms with Crippen LogP contribution in [0.3, 0.4) is 0 Å². The number of hydrogen-bond donors (Lipinski definition) is 0. The Labute approximate surface area is 60.0 Å². The van der Waals surface area contributed by atoms with Crippen molar-refractivity contribution in [2.45, 2.75) is 0 Å². The maximum absolute atomic E-state index is 4.16. The van der Waals surface area contributed by atoms with Crippen molar-refractivity contribution < 1.29 is 12.4 Å². The predicted octanol–water partition coefficient (Wildman–Crippen LogP) is -2.70. The van der Waals surface area contributed by atoms with Gasteiger partial charge in [-0.15, -0.1) is 6.58 Å². The minimum Gasteiger partial charge on any atom is -1.00 e. The Hall–Kier alpha value is 1.02. The molecule has 0 N–H and O–H groups in total. The molecule has 0 saturated heterocycles. The maximum Gasteiger partial charge on any atom is 2.00 e. The predicted molar refractivity (Wildman–Crippen MR) is 23.3 cm³/mol. The van der Waals surface area contributed by atoms with E-state index in [-0.39, 0.29) is 35.5 Å². The average Bonchev–Trinajstić information content (AvgIpc) is 0.918. The van der Waals surface area contributed by atoms with E-state index >= 15 is 0 Å². The molecule has 0 saturated carbocycles. The van der Waals surface area contributed by atoms with Crippen molar-refractivity contribution >= 4 is 35.7 Å². The Morgan fingerprint density at radius 2 is 1.60 bits per heavy atom. The smallest absolute Gasteiger partial charge is 1.00 e. The third-order valence-corrected chi connectivity index (χ3v) is 0. The number of halogens is 1. The van der Waals surface area contributed by atoms with E-state index in [9.17, 15) is 0 Å². The van der Waals surface area contributed by atoms with Crippen LogP contribution in [0.25, 0.3) is 0 Å². The van der Waals surface area contributed by atoms with Gasteiger partial charge in [0, 0.05) is 0 Å². The molecule has 0 fully saturated rings. The van der Waals surface area contributed by atoms with Gasteiger partial charge in [-0.1, -0.05) is 0 Å². The number of hydrogen-bond acceptors (Lipinski definition) is 1. The van der Waals surface area contributed by atoms with Gasteiger partial charge in [0.2, 0.25) is 0 Å². The van der Waals surface area contributed by atoms with Crippen LogP contribution in [0, 0.1) is 0 Å². The Morgan fingerprint density at radius 3 is 1.60 bits per heavy atom. The first kappa shape index (κ1) is 16.6. The molecular weight excluding hydrogens is 116 g/mol. The standard InChI is InChI=1S/C2H4S.ClH.Mg/c1-2-3;;/h2-3H,1H2;1H;/q;;+2/p-2. The first-order valence-corrected chi connectivity index (χ1v) is 1.12. The molecule has 0 aromatic rings. The van der Waals surface area contributed by atoms with Gasteiger partial charge < -0.3 is 25.0 Å². The molecule has 0 radical (unpaired) electrons. The zero-order chi connectivity index (χ0) is 2.71. The van der Waals surface area contributed by atoms with Crippen LogP contribution < -0.4 is 12.4 Å².